The quantitative estimate of drug-likeness (QED) is 0.877. The molecular formula is C15H26Cl2N4O2. The van der Waals surface area contributed by atoms with Crippen molar-refractivity contribution in [3.05, 3.63) is 18.2 Å². The van der Waals surface area contributed by atoms with Crippen molar-refractivity contribution in [1.82, 2.24) is 19.8 Å². The molecule has 1 amide bonds. The van der Waals surface area contributed by atoms with Crippen molar-refractivity contribution in [3.8, 4) is 0 Å². The van der Waals surface area contributed by atoms with Crippen LogP contribution in [0.4, 0.5) is 0 Å². The van der Waals surface area contributed by atoms with Gasteiger partial charge in [0.1, 0.15) is 5.82 Å². The first-order chi connectivity index (χ1) is 10.2. The largest absolute Gasteiger partial charge is 0.373 e. The number of nitrogens with one attached hydrogen (secondary N) is 1. The first kappa shape index (κ1) is 20.2. The molecule has 1 N–H and O–H groups in total. The van der Waals surface area contributed by atoms with E-state index in [1.54, 1.807) is 0 Å². The Morgan fingerprint density at radius 2 is 2.22 bits per heavy atom. The second-order valence-electron chi connectivity index (χ2n) is 6.11. The van der Waals surface area contributed by atoms with E-state index in [1.165, 1.54) is 0 Å². The minimum absolute atomic E-state index is 0. The predicted molar refractivity (Wildman–Crippen MR) is 93.5 cm³/mol. The summed E-state index contributed by atoms with van der Waals surface area (Å²) in [4.78, 5) is 18.9. The van der Waals surface area contributed by atoms with E-state index >= 15 is 0 Å². The van der Waals surface area contributed by atoms with Gasteiger partial charge < -0.3 is 19.5 Å². The van der Waals surface area contributed by atoms with Crippen LogP contribution in [0.25, 0.3) is 0 Å². The highest BCUT2D eigenvalue weighted by atomic mass is 35.5. The third kappa shape index (κ3) is 4.38. The SMILES string of the molecule is CC(C)c1nccn1CCC(=O)N1CCO[C@H]2CNC[C@H]21.Cl.Cl. The van der Waals surface area contributed by atoms with Crippen LogP contribution in [-0.4, -0.2) is 58.7 Å². The van der Waals surface area contributed by atoms with E-state index < -0.39 is 0 Å². The van der Waals surface area contributed by atoms with Gasteiger partial charge in [0.15, 0.2) is 0 Å². The van der Waals surface area contributed by atoms with Crippen molar-refractivity contribution >= 4 is 30.7 Å². The number of hydrogen-bond donors (Lipinski definition) is 1. The summed E-state index contributed by atoms with van der Waals surface area (Å²) in [5.74, 6) is 1.65. The Morgan fingerprint density at radius 1 is 1.43 bits per heavy atom. The molecule has 0 bridgehead atoms. The number of hydrogen-bond acceptors (Lipinski definition) is 4. The summed E-state index contributed by atoms with van der Waals surface area (Å²) in [6, 6.07) is 0.207. The molecule has 0 saturated carbocycles. The highest BCUT2D eigenvalue weighted by Crippen LogP contribution is 2.19. The van der Waals surface area contributed by atoms with Crippen LogP contribution in [0.2, 0.25) is 0 Å². The molecule has 0 unspecified atom stereocenters. The fourth-order valence-electron chi connectivity index (χ4n) is 3.27. The van der Waals surface area contributed by atoms with Gasteiger partial charge in [-0.2, -0.15) is 0 Å². The molecule has 3 rings (SSSR count). The second kappa shape index (κ2) is 8.87. The smallest absolute Gasteiger partial charge is 0.224 e. The highest BCUT2D eigenvalue weighted by molar-refractivity contribution is 5.85. The van der Waals surface area contributed by atoms with Crippen LogP contribution >= 0.6 is 24.8 Å². The van der Waals surface area contributed by atoms with Crippen LogP contribution in [0.3, 0.4) is 0 Å². The van der Waals surface area contributed by atoms with Crippen molar-refractivity contribution in [3.63, 3.8) is 0 Å². The molecule has 1 aromatic rings. The van der Waals surface area contributed by atoms with Crippen LogP contribution in [0.1, 0.15) is 32.0 Å². The van der Waals surface area contributed by atoms with Crippen molar-refractivity contribution < 1.29 is 9.53 Å². The average Bonchev–Trinajstić information content (AvgIpc) is 3.12. The number of aromatic nitrogens is 2. The Balaban J connectivity index is 0.00000132. The fourth-order valence-corrected chi connectivity index (χ4v) is 3.27. The maximum absolute atomic E-state index is 12.5. The van der Waals surface area contributed by atoms with E-state index in [9.17, 15) is 4.79 Å². The zero-order valence-corrected chi connectivity index (χ0v) is 15.2. The van der Waals surface area contributed by atoms with Crippen molar-refractivity contribution in [2.45, 2.75) is 44.9 Å². The van der Waals surface area contributed by atoms with Crippen molar-refractivity contribution in [2.75, 3.05) is 26.2 Å². The van der Waals surface area contributed by atoms with Gasteiger partial charge in [-0.15, -0.1) is 24.8 Å². The van der Waals surface area contributed by atoms with E-state index in [-0.39, 0.29) is 42.9 Å². The van der Waals surface area contributed by atoms with Gasteiger partial charge in [-0.3, -0.25) is 4.79 Å². The van der Waals surface area contributed by atoms with Crippen LogP contribution in [0.5, 0.6) is 0 Å². The lowest BCUT2D eigenvalue weighted by molar-refractivity contribution is -0.143. The summed E-state index contributed by atoms with van der Waals surface area (Å²) in [5.41, 5.74) is 0. The Hall–Kier alpha value is -0.820. The molecule has 0 aliphatic carbocycles. The third-order valence-electron chi connectivity index (χ3n) is 4.34. The number of fused-ring (bicyclic) bond motifs is 1. The summed E-state index contributed by atoms with van der Waals surface area (Å²) >= 11 is 0. The fraction of sp³-hybridized carbons (Fsp3) is 0.733. The number of carbonyl (C=O) groups excluding carboxylic acids is 1. The first-order valence-corrected chi connectivity index (χ1v) is 7.79. The van der Waals surface area contributed by atoms with E-state index in [0.717, 1.165) is 18.9 Å². The van der Waals surface area contributed by atoms with Crippen molar-refractivity contribution in [1.29, 1.82) is 0 Å². The van der Waals surface area contributed by atoms with E-state index in [1.807, 2.05) is 17.3 Å². The molecule has 0 radical (unpaired) electrons. The summed E-state index contributed by atoms with van der Waals surface area (Å²) < 4.78 is 7.80. The molecule has 6 nitrogen and oxygen atoms in total. The topological polar surface area (TPSA) is 59.4 Å². The molecule has 2 aliphatic heterocycles. The number of halogens is 2. The molecule has 3 heterocycles. The van der Waals surface area contributed by atoms with Crippen LogP contribution < -0.4 is 5.32 Å². The molecular weight excluding hydrogens is 339 g/mol. The predicted octanol–water partition coefficient (Wildman–Crippen LogP) is 1.44. The van der Waals surface area contributed by atoms with Crippen LogP contribution in [0, 0.1) is 0 Å². The zero-order valence-electron chi connectivity index (χ0n) is 13.6. The number of imidazole rings is 1. The Kier molecular flexibility index (Phi) is 7.80. The van der Waals surface area contributed by atoms with Crippen LogP contribution in [-0.2, 0) is 16.1 Å². The number of ether oxygens (including phenoxy) is 1. The van der Waals surface area contributed by atoms with E-state index in [0.29, 0.717) is 32.0 Å². The zero-order chi connectivity index (χ0) is 14.8. The number of carbonyl (C=O) groups is 1. The average molecular weight is 365 g/mol. The molecule has 0 aromatic carbocycles. The molecule has 132 valence electrons. The van der Waals surface area contributed by atoms with Gasteiger partial charge in [0, 0.05) is 50.9 Å². The summed E-state index contributed by atoms with van der Waals surface area (Å²) in [5, 5.41) is 3.31. The van der Waals surface area contributed by atoms with Gasteiger partial charge in [-0.25, -0.2) is 4.98 Å². The number of morpholine rings is 1. The van der Waals surface area contributed by atoms with Gasteiger partial charge in [0.05, 0.1) is 18.8 Å². The summed E-state index contributed by atoms with van der Waals surface area (Å²) in [6.45, 7) is 8.01. The van der Waals surface area contributed by atoms with Gasteiger partial charge >= 0.3 is 0 Å². The Morgan fingerprint density at radius 3 is 2.96 bits per heavy atom. The molecule has 2 fully saturated rings. The highest BCUT2D eigenvalue weighted by Gasteiger charge is 2.38. The van der Waals surface area contributed by atoms with Gasteiger partial charge in [-0.1, -0.05) is 13.8 Å². The molecule has 1 aromatic heterocycles. The van der Waals surface area contributed by atoms with Gasteiger partial charge in [0.25, 0.3) is 0 Å². The van der Waals surface area contributed by atoms with E-state index in [2.05, 4.69) is 28.7 Å². The lowest BCUT2D eigenvalue weighted by Gasteiger charge is -2.37. The Labute approximate surface area is 149 Å². The minimum Gasteiger partial charge on any atom is -0.373 e. The molecule has 2 aliphatic rings. The summed E-state index contributed by atoms with van der Waals surface area (Å²) in [7, 11) is 0. The molecule has 23 heavy (non-hydrogen) atoms. The number of amides is 1. The molecule has 2 atom stereocenters. The molecule has 8 heteroatoms. The lowest BCUT2D eigenvalue weighted by atomic mass is 10.1. The monoisotopic (exact) mass is 364 g/mol. The number of nitrogens with zero attached hydrogens (tertiary/aromatic N) is 3. The maximum atomic E-state index is 12.5. The number of aryl methyl sites for hydroxylation is 1. The maximum Gasteiger partial charge on any atom is 0.224 e. The lowest BCUT2D eigenvalue weighted by Crippen LogP contribution is -2.53. The van der Waals surface area contributed by atoms with Crippen LogP contribution in [0.15, 0.2) is 12.4 Å². The van der Waals surface area contributed by atoms with Crippen molar-refractivity contribution in [2.24, 2.45) is 0 Å². The normalized spacial score (nSPS) is 23.2. The Bertz CT molecular complexity index is 509. The first-order valence-electron chi connectivity index (χ1n) is 7.79. The molecule has 2 saturated heterocycles. The minimum atomic E-state index is 0. The molecule has 0 spiro atoms. The second-order valence-corrected chi connectivity index (χ2v) is 6.11. The number of rotatable bonds is 4. The van der Waals surface area contributed by atoms with Gasteiger partial charge in [-0.05, 0) is 0 Å². The third-order valence-corrected chi connectivity index (χ3v) is 4.34. The summed E-state index contributed by atoms with van der Waals surface area (Å²) in [6.07, 6.45) is 4.47. The van der Waals surface area contributed by atoms with E-state index in [4.69, 9.17) is 4.74 Å². The standard InChI is InChI=1S/C15H24N4O2.2ClH/c1-11(2)15-17-4-6-18(15)5-3-14(20)19-7-8-21-13-10-16-9-12(13)19;;/h4,6,11-13,16H,3,5,7-10H2,1-2H3;2*1H/t12-,13+;;/m1../s1. The van der Waals surface area contributed by atoms with Gasteiger partial charge in [0.2, 0.25) is 5.91 Å².